The van der Waals surface area contributed by atoms with Gasteiger partial charge in [0, 0.05) is 31.6 Å². The van der Waals surface area contributed by atoms with Crippen molar-refractivity contribution in [1.82, 2.24) is 15.1 Å². The number of benzene rings is 2. The van der Waals surface area contributed by atoms with E-state index in [1.807, 2.05) is 47.4 Å². The number of nitrogens with one attached hydrogen (secondary N) is 1. The molecule has 4 rings (SSSR count). The first-order chi connectivity index (χ1) is 15.7. The maximum absolute atomic E-state index is 12.9. The fourth-order valence-electron chi connectivity index (χ4n) is 4.73. The molecule has 2 aromatic carbocycles. The summed E-state index contributed by atoms with van der Waals surface area (Å²) in [6.45, 7) is 4.08. The summed E-state index contributed by atoms with van der Waals surface area (Å²) in [6.07, 6.45) is 7.37. The summed E-state index contributed by atoms with van der Waals surface area (Å²) >= 11 is 0. The fourth-order valence-corrected chi connectivity index (χ4v) is 4.73. The average molecular weight is 432 g/mol. The lowest BCUT2D eigenvalue weighted by molar-refractivity contribution is -0.132. The summed E-state index contributed by atoms with van der Waals surface area (Å²) in [5, 5.41) is 3.22. The fraction of sp³-hybridized carbons (Fsp3) is 0.407. The van der Waals surface area contributed by atoms with Crippen LogP contribution in [0.1, 0.15) is 42.9 Å². The van der Waals surface area contributed by atoms with Crippen molar-refractivity contribution in [3.05, 3.63) is 77.9 Å². The van der Waals surface area contributed by atoms with Gasteiger partial charge in [-0.25, -0.2) is 0 Å². The van der Waals surface area contributed by atoms with Crippen molar-refractivity contribution in [2.75, 3.05) is 32.7 Å². The van der Waals surface area contributed by atoms with Crippen LogP contribution >= 0.6 is 0 Å². The van der Waals surface area contributed by atoms with Gasteiger partial charge in [0.25, 0.3) is 0 Å². The van der Waals surface area contributed by atoms with E-state index >= 15 is 0 Å². The predicted molar refractivity (Wildman–Crippen MR) is 128 cm³/mol. The lowest BCUT2D eigenvalue weighted by atomic mass is 9.95. The van der Waals surface area contributed by atoms with Gasteiger partial charge in [-0.1, -0.05) is 60.7 Å². The van der Waals surface area contributed by atoms with Gasteiger partial charge in [-0.15, -0.1) is 0 Å². The van der Waals surface area contributed by atoms with Crippen LogP contribution in [0.3, 0.4) is 0 Å². The van der Waals surface area contributed by atoms with E-state index in [4.69, 9.17) is 0 Å². The average Bonchev–Trinajstić information content (AvgIpc) is 3.38. The van der Waals surface area contributed by atoms with Gasteiger partial charge in [0.2, 0.25) is 11.8 Å². The lowest BCUT2D eigenvalue weighted by Crippen LogP contribution is -2.44. The van der Waals surface area contributed by atoms with E-state index in [0.29, 0.717) is 19.6 Å². The van der Waals surface area contributed by atoms with Gasteiger partial charge < -0.3 is 10.2 Å². The number of amides is 2. The molecule has 2 aliphatic rings. The highest BCUT2D eigenvalue weighted by molar-refractivity contribution is 5.92. The molecule has 5 heteroatoms. The molecule has 0 spiro atoms. The molecule has 168 valence electrons. The van der Waals surface area contributed by atoms with Crippen molar-refractivity contribution < 1.29 is 9.59 Å². The quantitative estimate of drug-likeness (QED) is 0.677. The van der Waals surface area contributed by atoms with Gasteiger partial charge in [0.1, 0.15) is 0 Å². The SMILES string of the molecule is O=C(NCC(c1ccccc1)N1CCCC1)C1CCN(C(=O)/C=C/c2ccccc2)CC1. The second-order valence-electron chi connectivity index (χ2n) is 8.76. The van der Waals surface area contributed by atoms with E-state index in [-0.39, 0.29) is 23.8 Å². The molecule has 0 aliphatic carbocycles. The van der Waals surface area contributed by atoms with Gasteiger partial charge in [-0.2, -0.15) is 0 Å². The number of nitrogens with zero attached hydrogens (tertiary/aromatic N) is 2. The number of hydrogen-bond donors (Lipinski definition) is 1. The highest BCUT2D eigenvalue weighted by Crippen LogP contribution is 2.25. The smallest absolute Gasteiger partial charge is 0.246 e. The predicted octanol–water partition coefficient (Wildman–Crippen LogP) is 3.89. The van der Waals surface area contributed by atoms with Crippen LogP contribution in [0.15, 0.2) is 66.7 Å². The third-order valence-electron chi connectivity index (χ3n) is 6.63. The highest BCUT2D eigenvalue weighted by atomic mass is 16.2. The maximum Gasteiger partial charge on any atom is 0.246 e. The molecule has 2 aromatic rings. The molecular weight excluding hydrogens is 398 g/mol. The first-order valence-corrected chi connectivity index (χ1v) is 11.8. The summed E-state index contributed by atoms with van der Waals surface area (Å²) in [5.74, 6) is 0.120. The van der Waals surface area contributed by atoms with E-state index in [1.165, 1.54) is 18.4 Å². The first kappa shape index (κ1) is 22.3. The molecule has 1 atom stereocenters. The zero-order valence-electron chi connectivity index (χ0n) is 18.7. The van der Waals surface area contributed by atoms with Gasteiger partial charge >= 0.3 is 0 Å². The van der Waals surface area contributed by atoms with E-state index in [2.05, 4.69) is 34.5 Å². The minimum absolute atomic E-state index is 0.0193. The van der Waals surface area contributed by atoms with Crippen LogP contribution in [-0.4, -0.2) is 54.3 Å². The summed E-state index contributed by atoms with van der Waals surface area (Å²) in [6, 6.07) is 20.5. The van der Waals surface area contributed by atoms with Gasteiger partial charge in [0.15, 0.2) is 0 Å². The van der Waals surface area contributed by atoms with Crippen molar-refractivity contribution >= 4 is 17.9 Å². The number of piperidine rings is 1. The van der Waals surface area contributed by atoms with Crippen molar-refractivity contribution in [2.45, 2.75) is 31.7 Å². The summed E-state index contributed by atoms with van der Waals surface area (Å²) < 4.78 is 0. The molecule has 2 fully saturated rings. The molecule has 5 nitrogen and oxygen atoms in total. The van der Waals surface area contributed by atoms with Gasteiger partial charge in [-0.3, -0.25) is 14.5 Å². The molecule has 1 unspecified atom stereocenters. The highest BCUT2D eigenvalue weighted by Gasteiger charge is 2.28. The molecule has 0 aromatic heterocycles. The van der Waals surface area contributed by atoms with E-state index in [1.54, 1.807) is 6.08 Å². The minimum Gasteiger partial charge on any atom is -0.354 e. The molecule has 0 radical (unpaired) electrons. The Balaban J connectivity index is 1.26. The number of hydrogen-bond acceptors (Lipinski definition) is 3. The summed E-state index contributed by atoms with van der Waals surface area (Å²) in [4.78, 5) is 29.7. The number of likely N-dealkylation sites (tertiary alicyclic amines) is 2. The van der Waals surface area contributed by atoms with Crippen LogP contribution < -0.4 is 5.32 Å². The van der Waals surface area contributed by atoms with Crippen molar-refractivity contribution in [1.29, 1.82) is 0 Å². The zero-order valence-corrected chi connectivity index (χ0v) is 18.7. The van der Waals surface area contributed by atoms with Crippen molar-refractivity contribution in [3.8, 4) is 0 Å². The summed E-state index contributed by atoms with van der Waals surface area (Å²) in [5.41, 5.74) is 2.28. The molecule has 2 aliphatic heterocycles. The van der Waals surface area contributed by atoms with Crippen molar-refractivity contribution in [2.24, 2.45) is 5.92 Å². The molecular formula is C27H33N3O2. The van der Waals surface area contributed by atoms with Crippen LogP contribution in [0, 0.1) is 5.92 Å². The maximum atomic E-state index is 12.9. The molecule has 2 heterocycles. The summed E-state index contributed by atoms with van der Waals surface area (Å²) in [7, 11) is 0. The largest absolute Gasteiger partial charge is 0.354 e. The Bertz CT molecular complexity index is 899. The molecule has 2 amide bonds. The lowest BCUT2D eigenvalue weighted by Gasteiger charge is -2.32. The molecule has 2 saturated heterocycles. The van der Waals surface area contributed by atoms with Crippen molar-refractivity contribution in [3.63, 3.8) is 0 Å². The topological polar surface area (TPSA) is 52.7 Å². The van der Waals surface area contributed by atoms with Crippen LogP contribution in [0.25, 0.3) is 6.08 Å². The Labute approximate surface area is 191 Å². The van der Waals surface area contributed by atoms with Crippen LogP contribution in [0.2, 0.25) is 0 Å². The standard InChI is InChI=1S/C27H33N3O2/c31-26(14-13-22-9-3-1-4-10-22)30-19-15-24(16-20-30)27(32)28-21-25(29-17-7-8-18-29)23-11-5-2-6-12-23/h1-6,9-14,24-25H,7-8,15-21H2,(H,28,32)/b14-13+. The minimum atomic E-state index is -0.0212. The monoisotopic (exact) mass is 431 g/mol. The third-order valence-corrected chi connectivity index (χ3v) is 6.63. The Morgan fingerprint density at radius 3 is 2.19 bits per heavy atom. The van der Waals surface area contributed by atoms with Crippen LogP contribution in [0.4, 0.5) is 0 Å². The molecule has 0 bridgehead atoms. The first-order valence-electron chi connectivity index (χ1n) is 11.8. The molecule has 0 saturated carbocycles. The molecule has 32 heavy (non-hydrogen) atoms. The van der Waals surface area contributed by atoms with Crippen LogP contribution in [0.5, 0.6) is 0 Å². The number of carbonyl (C=O) groups is 2. The van der Waals surface area contributed by atoms with E-state index in [0.717, 1.165) is 31.5 Å². The second kappa shape index (κ2) is 11.1. The third kappa shape index (κ3) is 5.86. The Kier molecular flexibility index (Phi) is 7.73. The van der Waals surface area contributed by atoms with Gasteiger partial charge in [-0.05, 0) is 56.0 Å². The van der Waals surface area contributed by atoms with Crippen LogP contribution in [-0.2, 0) is 9.59 Å². The zero-order chi connectivity index (χ0) is 22.2. The normalized spacial score (nSPS) is 18.7. The Hall–Kier alpha value is -2.92. The number of carbonyl (C=O) groups excluding carboxylic acids is 2. The Morgan fingerprint density at radius 2 is 1.53 bits per heavy atom. The van der Waals surface area contributed by atoms with E-state index in [9.17, 15) is 9.59 Å². The second-order valence-corrected chi connectivity index (χ2v) is 8.76. The molecule has 1 N–H and O–H groups in total. The van der Waals surface area contributed by atoms with E-state index < -0.39 is 0 Å². The van der Waals surface area contributed by atoms with Gasteiger partial charge in [0.05, 0.1) is 6.04 Å². The number of rotatable bonds is 7. The Morgan fingerprint density at radius 1 is 0.906 bits per heavy atom.